The van der Waals surface area contributed by atoms with E-state index in [2.05, 4.69) is 6.92 Å². The topological polar surface area (TPSA) is 36.9 Å². The highest BCUT2D eigenvalue weighted by Crippen LogP contribution is 2.47. The van der Waals surface area contributed by atoms with Gasteiger partial charge < -0.3 is 18.9 Å². The third-order valence-corrected chi connectivity index (χ3v) is 4.23. The summed E-state index contributed by atoms with van der Waals surface area (Å²) in [7, 11) is 0. The first-order valence-electron chi connectivity index (χ1n) is 7.02. The number of hydrogen-bond acceptors (Lipinski definition) is 4. The van der Waals surface area contributed by atoms with Crippen molar-refractivity contribution in [2.45, 2.75) is 83.5 Å². The second-order valence-corrected chi connectivity index (χ2v) is 6.61. The van der Waals surface area contributed by atoms with E-state index in [0.717, 1.165) is 12.8 Å². The summed E-state index contributed by atoms with van der Waals surface area (Å²) in [6, 6.07) is 0. The molecule has 1 saturated carbocycles. The first-order valence-corrected chi connectivity index (χ1v) is 7.02. The third-order valence-electron chi connectivity index (χ3n) is 4.23. The van der Waals surface area contributed by atoms with Gasteiger partial charge in [-0.2, -0.15) is 0 Å². The van der Waals surface area contributed by atoms with E-state index in [-0.39, 0.29) is 24.4 Å². The Labute approximate surface area is 109 Å². The molecule has 1 aliphatic carbocycles. The highest BCUT2D eigenvalue weighted by molar-refractivity contribution is 5.02. The molecule has 0 bridgehead atoms. The predicted octanol–water partition coefficient (Wildman–Crippen LogP) is 2.46. The molecule has 2 saturated heterocycles. The molecule has 0 aromatic rings. The minimum Gasteiger partial charge on any atom is -0.344 e. The minimum absolute atomic E-state index is 0.00507. The van der Waals surface area contributed by atoms with Crippen molar-refractivity contribution in [3.8, 4) is 0 Å². The summed E-state index contributed by atoms with van der Waals surface area (Å²) in [6.45, 7) is 10.1. The molecule has 4 heteroatoms. The van der Waals surface area contributed by atoms with Gasteiger partial charge in [0.2, 0.25) is 0 Å². The Morgan fingerprint density at radius 3 is 2.06 bits per heavy atom. The normalized spacial score (nSPS) is 48.8. The van der Waals surface area contributed by atoms with E-state index < -0.39 is 11.6 Å². The Kier molecular flexibility index (Phi) is 2.80. The second-order valence-electron chi connectivity index (χ2n) is 6.61. The minimum atomic E-state index is -0.506. The SMILES string of the molecule is CC[C@H]1C[C@@H]2OC(C)(C)O[C@@H]2[C@H]2OC(C)(C)O[C@@H]12. The lowest BCUT2D eigenvalue weighted by Crippen LogP contribution is -2.50. The second kappa shape index (κ2) is 3.92. The molecule has 3 fully saturated rings. The summed E-state index contributed by atoms with van der Waals surface area (Å²) < 4.78 is 24.2. The molecule has 18 heavy (non-hydrogen) atoms. The van der Waals surface area contributed by atoms with Crippen LogP contribution < -0.4 is 0 Å². The van der Waals surface area contributed by atoms with Crippen molar-refractivity contribution < 1.29 is 18.9 Å². The van der Waals surface area contributed by atoms with Crippen LogP contribution in [0.2, 0.25) is 0 Å². The van der Waals surface area contributed by atoms with Gasteiger partial charge in [-0.3, -0.25) is 0 Å². The van der Waals surface area contributed by atoms with Gasteiger partial charge in [-0.15, -0.1) is 0 Å². The van der Waals surface area contributed by atoms with Gasteiger partial charge in [0.1, 0.15) is 12.2 Å². The molecule has 0 aromatic carbocycles. The molecule has 104 valence electrons. The smallest absolute Gasteiger partial charge is 0.163 e. The fraction of sp³-hybridized carbons (Fsp3) is 1.00. The molecule has 2 aliphatic heterocycles. The van der Waals surface area contributed by atoms with E-state index in [0.29, 0.717) is 5.92 Å². The quantitative estimate of drug-likeness (QED) is 0.722. The Balaban J connectivity index is 1.86. The maximum Gasteiger partial charge on any atom is 0.163 e. The highest BCUT2D eigenvalue weighted by atomic mass is 16.8. The molecule has 4 nitrogen and oxygen atoms in total. The van der Waals surface area contributed by atoms with Crippen LogP contribution in [0, 0.1) is 5.92 Å². The zero-order valence-corrected chi connectivity index (χ0v) is 11.9. The molecular weight excluding hydrogens is 232 g/mol. The number of ether oxygens (including phenoxy) is 4. The summed E-state index contributed by atoms with van der Waals surface area (Å²) >= 11 is 0. The van der Waals surface area contributed by atoms with Crippen molar-refractivity contribution in [1.29, 1.82) is 0 Å². The van der Waals surface area contributed by atoms with Crippen LogP contribution in [0.4, 0.5) is 0 Å². The Morgan fingerprint density at radius 1 is 0.833 bits per heavy atom. The predicted molar refractivity (Wildman–Crippen MR) is 66.0 cm³/mol. The third kappa shape index (κ3) is 1.99. The van der Waals surface area contributed by atoms with Crippen LogP contribution in [0.5, 0.6) is 0 Å². The van der Waals surface area contributed by atoms with Crippen LogP contribution in [0.1, 0.15) is 47.5 Å². The Bertz CT molecular complexity index is 339. The Hall–Kier alpha value is -0.160. The molecule has 3 rings (SSSR count). The van der Waals surface area contributed by atoms with Crippen molar-refractivity contribution in [3.63, 3.8) is 0 Å². The zero-order chi connectivity index (χ0) is 13.1. The Morgan fingerprint density at radius 2 is 1.39 bits per heavy atom. The fourth-order valence-electron chi connectivity index (χ4n) is 3.59. The molecule has 2 heterocycles. The monoisotopic (exact) mass is 256 g/mol. The van der Waals surface area contributed by atoms with Gasteiger partial charge in [0.05, 0.1) is 12.2 Å². The first kappa shape index (κ1) is 12.9. The van der Waals surface area contributed by atoms with E-state index >= 15 is 0 Å². The summed E-state index contributed by atoms with van der Waals surface area (Å²) in [5.74, 6) is -0.512. The van der Waals surface area contributed by atoms with Crippen molar-refractivity contribution in [3.05, 3.63) is 0 Å². The van der Waals surface area contributed by atoms with Crippen LogP contribution in [-0.2, 0) is 18.9 Å². The summed E-state index contributed by atoms with van der Waals surface area (Å²) in [5.41, 5.74) is 0. The maximum absolute atomic E-state index is 6.07. The first-order chi connectivity index (χ1) is 8.31. The van der Waals surface area contributed by atoms with E-state index in [1.54, 1.807) is 0 Å². The van der Waals surface area contributed by atoms with Crippen LogP contribution in [0.15, 0.2) is 0 Å². The summed E-state index contributed by atoms with van der Waals surface area (Å²) in [5, 5.41) is 0. The zero-order valence-electron chi connectivity index (χ0n) is 11.9. The summed E-state index contributed by atoms with van der Waals surface area (Å²) in [4.78, 5) is 0. The van der Waals surface area contributed by atoms with Crippen LogP contribution in [0.25, 0.3) is 0 Å². The van der Waals surface area contributed by atoms with E-state index in [4.69, 9.17) is 18.9 Å². The van der Waals surface area contributed by atoms with E-state index in [1.165, 1.54) is 0 Å². The van der Waals surface area contributed by atoms with Crippen LogP contribution in [0.3, 0.4) is 0 Å². The van der Waals surface area contributed by atoms with Gasteiger partial charge in [-0.1, -0.05) is 13.3 Å². The maximum atomic E-state index is 6.07. The number of rotatable bonds is 1. The van der Waals surface area contributed by atoms with Gasteiger partial charge in [0, 0.05) is 0 Å². The highest BCUT2D eigenvalue weighted by Gasteiger charge is 2.59. The van der Waals surface area contributed by atoms with Gasteiger partial charge in [0.15, 0.2) is 11.6 Å². The number of fused-ring (bicyclic) bond motifs is 3. The standard InChI is InChI=1S/C14H24O4/c1-6-8-7-9-11(17-13(2,3)15-9)12-10(8)16-14(4,5)18-12/h8-12H,6-7H2,1-5H3/t8-,9-,10-,11-,12-/m0/s1. The molecule has 3 aliphatic rings. The largest absolute Gasteiger partial charge is 0.344 e. The van der Waals surface area contributed by atoms with Crippen molar-refractivity contribution in [2.24, 2.45) is 5.92 Å². The lowest BCUT2D eigenvalue weighted by Gasteiger charge is -2.36. The van der Waals surface area contributed by atoms with E-state index in [9.17, 15) is 0 Å². The molecule has 5 atom stereocenters. The molecule has 0 amide bonds. The van der Waals surface area contributed by atoms with Gasteiger partial charge in [-0.05, 0) is 40.0 Å². The molecule has 0 N–H and O–H groups in total. The average molecular weight is 256 g/mol. The van der Waals surface area contributed by atoms with Gasteiger partial charge in [-0.25, -0.2) is 0 Å². The molecule has 0 spiro atoms. The average Bonchev–Trinajstić information content (AvgIpc) is 2.71. The van der Waals surface area contributed by atoms with Crippen molar-refractivity contribution >= 4 is 0 Å². The van der Waals surface area contributed by atoms with Gasteiger partial charge in [0.25, 0.3) is 0 Å². The van der Waals surface area contributed by atoms with Crippen molar-refractivity contribution in [1.82, 2.24) is 0 Å². The molecule has 0 unspecified atom stereocenters. The molecule has 0 radical (unpaired) electrons. The van der Waals surface area contributed by atoms with Crippen LogP contribution in [-0.4, -0.2) is 36.0 Å². The lowest BCUT2D eigenvalue weighted by molar-refractivity contribution is -0.176. The van der Waals surface area contributed by atoms with Gasteiger partial charge >= 0.3 is 0 Å². The van der Waals surface area contributed by atoms with Crippen LogP contribution >= 0.6 is 0 Å². The summed E-state index contributed by atoms with van der Waals surface area (Å²) in [6.07, 6.45) is 2.39. The number of hydrogen-bond donors (Lipinski definition) is 0. The molecular formula is C14H24O4. The van der Waals surface area contributed by atoms with Crippen molar-refractivity contribution in [2.75, 3.05) is 0 Å². The fourth-order valence-corrected chi connectivity index (χ4v) is 3.59. The van der Waals surface area contributed by atoms with E-state index in [1.807, 2.05) is 27.7 Å². The lowest BCUT2D eigenvalue weighted by atomic mass is 9.79. The molecule has 0 aromatic heterocycles.